The lowest BCUT2D eigenvalue weighted by molar-refractivity contribution is 0.0968. The second-order valence-corrected chi connectivity index (χ2v) is 9.33. The van der Waals surface area contributed by atoms with Crippen molar-refractivity contribution >= 4 is 49.0 Å². The van der Waals surface area contributed by atoms with Crippen molar-refractivity contribution in [3.8, 4) is 0 Å². The molecule has 5 aromatic carbocycles. The quantitative estimate of drug-likeness (QED) is 0.281. The van der Waals surface area contributed by atoms with Gasteiger partial charge in [-0.1, -0.05) is 84.9 Å². The number of aromatic nitrogens is 1. The summed E-state index contributed by atoms with van der Waals surface area (Å²) in [4.78, 5) is 16.3. The first-order valence-corrected chi connectivity index (χ1v) is 11.7. The third kappa shape index (κ3) is 2.84. The first kappa shape index (κ1) is 18.6. The first-order valence-electron chi connectivity index (χ1n) is 11.7. The standard InChI is InChI=1S/C31H23NO/c33-29-16-13-22(31-30(29)26-7-3-4-8-28(26)32-31)17-19-9-10-21-12-14-24-23-6-2-1-5-20(23)11-15-25(24)27(21)18-19/h1-12,14-15,18,22,32H,13,16-17H2. The number of rotatable bonds is 2. The molecule has 0 saturated heterocycles. The second kappa shape index (κ2) is 7.05. The number of benzene rings is 5. The summed E-state index contributed by atoms with van der Waals surface area (Å²) in [6.07, 6.45) is 2.46. The van der Waals surface area contributed by atoms with Gasteiger partial charge in [0.2, 0.25) is 0 Å². The van der Waals surface area contributed by atoms with Crippen LogP contribution in [0.3, 0.4) is 0 Å². The van der Waals surface area contributed by atoms with Crippen molar-refractivity contribution in [3.05, 3.63) is 108 Å². The van der Waals surface area contributed by atoms with Crippen molar-refractivity contribution in [1.29, 1.82) is 0 Å². The van der Waals surface area contributed by atoms with E-state index in [2.05, 4.69) is 83.8 Å². The van der Waals surface area contributed by atoms with Crippen LogP contribution in [0.4, 0.5) is 0 Å². The molecule has 33 heavy (non-hydrogen) atoms. The van der Waals surface area contributed by atoms with Gasteiger partial charge in [0.15, 0.2) is 5.78 Å². The number of nitrogens with one attached hydrogen (secondary N) is 1. The molecule has 0 bridgehead atoms. The fraction of sp³-hybridized carbons (Fsp3) is 0.129. The number of H-pyrrole nitrogens is 1. The number of Topliss-reactive ketones (excluding diaryl/α,β-unsaturated/α-hetero) is 1. The van der Waals surface area contributed by atoms with Gasteiger partial charge in [0, 0.05) is 34.5 Å². The normalized spacial score (nSPS) is 16.1. The number of ketones is 1. The van der Waals surface area contributed by atoms with E-state index < -0.39 is 0 Å². The largest absolute Gasteiger partial charge is 0.358 e. The summed E-state index contributed by atoms with van der Waals surface area (Å²) >= 11 is 0. The van der Waals surface area contributed by atoms with E-state index >= 15 is 0 Å². The van der Waals surface area contributed by atoms with Gasteiger partial charge in [-0.25, -0.2) is 0 Å². The number of fused-ring (bicyclic) bond motifs is 8. The van der Waals surface area contributed by atoms with E-state index in [0.29, 0.717) is 12.3 Å². The molecule has 1 aromatic heterocycles. The molecule has 0 amide bonds. The van der Waals surface area contributed by atoms with Crippen molar-refractivity contribution in [2.75, 3.05) is 0 Å². The van der Waals surface area contributed by atoms with Gasteiger partial charge in [-0.15, -0.1) is 0 Å². The molecular formula is C31H23NO. The highest BCUT2D eigenvalue weighted by Gasteiger charge is 2.29. The Morgan fingerprint density at radius 2 is 1.39 bits per heavy atom. The van der Waals surface area contributed by atoms with Crippen LogP contribution in [-0.4, -0.2) is 10.8 Å². The minimum atomic E-state index is 0.273. The average molecular weight is 426 g/mol. The summed E-state index contributed by atoms with van der Waals surface area (Å²) in [5.74, 6) is 0.605. The lowest BCUT2D eigenvalue weighted by Crippen LogP contribution is -2.16. The van der Waals surface area contributed by atoms with E-state index in [-0.39, 0.29) is 5.78 Å². The molecule has 1 atom stereocenters. The molecule has 0 fully saturated rings. The molecular weight excluding hydrogens is 402 g/mol. The number of aromatic amines is 1. The number of carbonyl (C=O) groups is 1. The molecule has 2 nitrogen and oxygen atoms in total. The van der Waals surface area contributed by atoms with Gasteiger partial charge in [-0.3, -0.25) is 4.79 Å². The Kier molecular flexibility index (Phi) is 3.98. The average Bonchev–Trinajstić information content (AvgIpc) is 3.26. The molecule has 1 unspecified atom stereocenters. The van der Waals surface area contributed by atoms with Gasteiger partial charge in [-0.2, -0.15) is 0 Å². The monoisotopic (exact) mass is 425 g/mol. The Balaban J connectivity index is 1.35. The van der Waals surface area contributed by atoms with Crippen LogP contribution in [0.25, 0.3) is 43.2 Å². The zero-order valence-corrected chi connectivity index (χ0v) is 18.3. The van der Waals surface area contributed by atoms with E-state index in [1.807, 2.05) is 12.1 Å². The van der Waals surface area contributed by atoms with Crippen molar-refractivity contribution in [2.45, 2.75) is 25.2 Å². The van der Waals surface area contributed by atoms with Crippen LogP contribution >= 0.6 is 0 Å². The SMILES string of the molecule is O=C1CCC(Cc2ccc3ccc4c5ccccc5ccc4c3c2)c2[nH]c3ccccc3c21. The zero-order chi connectivity index (χ0) is 21.9. The highest BCUT2D eigenvalue weighted by atomic mass is 16.1. The van der Waals surface area contributed by atoms with Crippen molar-refractivity contribution in [2.24, 2.45) is 0 Å². The van der Waals surface area contributed by atoms with Crippen LogP contribution < -0.4 is 0 Å². The molecule has 1 heterocycles. The molecule has 158 valence electrons. The van der Waals surface area contributed by atoms with Crippen molar-refractivity contribution in [1.82, 2.24) is 4.98 Å². The highest BCUT2D eigenvalue weighted by molar-refractivity contribution is 6.17. The summed E-state index contributed by atoms with van der Waals surface area (Å²) in [6, 6.07) is 32.7. The lowest BCUT2D eigenvalue weighted by atomic mass is 9.82. The van der Waals surface area contributed by atoms with Crippen LogP contribution in [0.5, 0.6) is 0 Å². The first-order chi connectivity index (χ1) is 16.3. The second-order valence-electron chi connectivity index (χ2n) is 9.33. The van der Waals surface area contributed by atoms with Gasteiger partial charge in [-0.05, 0) is 56.8 Å². The topological polar surface area (TPSA) is 32.9 Å². The minimum absolute atomic E-state index is 0.273. The predicted octanol–water partition coefficient (Wildman–Crippen LogP) is 7.93. The number of carbonyl (C=O) groups excluding carboxylic acids is 1. The Morgan fingerprint density at radius 3 is 2.27 bits per heavy atom. The maximum atomic E-state index is 12.8. The molecule has 0 spiro atoms. The molecule has 6 aromatic rings. The Morgan fingerprint density at radius 1 is 0.697 bits per heavy atom. The third-order valence-electron chi connectivity index (χ3n) is 7.43. The Hall–Kier alpha value is -3.91. The van der Waals surface area contributed by atoms with Gasteiger partial charge in [0.25, 0.3) is 0 Å². The van der Waals surface area contributed by atoms with Crippen LogP contribution in [0, 0.1) is 0 Å². The predicted molar refractivity (Wildman–Crippen MR) is 137 cm³/mol. The Labute approximate surface area is 191 Å². The molecule has 0 aliphatic heterocycles. The van der Waals surface area contributed by atoms with E-state index in [9.17, 15) is 4.79 Å². The lowest BCUT2D eigenvalue weighted by Gasteiger charge is -2.22. The molecule has 1 aliphatic carbocycles. The Bertz CT molecular complexity index is 1720. The molecule has 7 rings (SSSR count). The van der Waals surface area contributed by atoms with Crippen LogP contribution in [-0.2, 0) is 6.42 Å². The van der Waals surface area contributed by atoms with E-state index in [4.69, 9.17) is 0 Å². The maximum Gasteiger partial charge on any atom is 0.165 e. The fourth-order valence-corrected chi connectivity index (χ4v) is 5.82. The molecule has 0 saturated carbocycles. The van der Waals surface area contributed by atoms with Gasteiger partial charge in [0.05, 0.1) is 0 Å². The summed E-state index contributed by atoms with van der Waals surface area (Å²) in [6.45, 7) is 0. The zero-order valence-electron chi connectivity index (χ0n) is 18.3. The summed E-state index contributed by atoms with van der Waals surface area (Å²) < 4.78 is 0. The van der Waals surface area contributed by atoms with Gasteiger partial charge >= 0.3 is 0 Å². The van der Waals surface area contributed by atoms with E-state index in [1.165, 1.54) is 37.9 Å². The highest BCUT2D eigenvalue weighted by Crippen LogP contribution is 2.39. The molecule has 1 aliphatic rings. The van der Waals surface area contributed by atoms with Crippen molar-refractivity contribution in [3.63, 3.8) is 0 Å². The van der Waals surface area contributed by atoms with Gasteiger partial charge in [0.1, 0.15) is 0 Å². The number of para-hydroxylation sites is 1. The minimum Gasteiger partial charge on any atom is -0.358 e. The van der Waals surface area contributed by atoms with Gasteiger partial charge < -0.3 is 4.98 Å². The summed E-state index contributed by atoms with van der Waals surface area (Å²) in [5, 5.41) is 8.83. The molecule has 1 N–H and O–H groups in total. The number of hydrogen-bond donors (Lipinski definition) is 1. The van der Waals surface area contributed by atoms with Crippen molar-refractivity contribution < 1.29 is 4.79 Å². The van der Waals surface area contributed by atoms with E-state index in [1.54, 1.807) is 0 Å². The summed E-state index contributed by atoms with van der Waals surface area (Å²) in [5.41, 5.74) is 4.43. The fourth-order valence-electron chi connectivity index (χ4n) is 5.82. The smallest absolute Gasteiger partial charge is 0.165 e. The van der Waals surface area contributed by atoms with Crippen LogP contribution in [0.15, 0.2) is 91.0 Å². The van der Waals surface area contributed by atoms with E-state index in [0.717, 1.165) is 35.0 Å². The number of hydrogen-bond acceptors (Lipinski definition) is 1. The van der Waals surface area contributed by atoms with Crippen LogP contribution in [0.1, 0.15) is 40.4 Å². The molecule has 2 heteroatoms. The maximum absolute atomic E-state index is 12.8. The van der Waals surface area contributed by atoms with Crippen LogP contribution in [0.2, 0.25) is 0 Å². The summed E-state index contributed by atoms with van der Waals surface area (Å²) in [7, 11) is 0. The third-order valence-corrected chi connectivity index (χ3v) is 7.43. The molecule has 0 radical (unpaired) electrons.